The van der Waals surface area contributed by atoms with Crippen LogP contribution >= 0.6 is 23.4 Å². The number of anilines is 1. The maximum absolute atomic E-state index is 11.9. The van der Waals surface area contributed by atoms with Crippen molar-refractivity contribution in [2.75, 3.05) is 32.2 Å². The maximum Gasteiger partial charge on any atom is 0.342 e. The van der Waals surface area contributed by atoms with Gasteiger partial charge in [0, 0.05) is 35.4 Å². The molecule has 2 aromatic carbocycles. The van der Waals surface area contributed by atoms with Gasteiger partial charge in [-0.25, -0.2) is 4.79 Å². The number of hydrogen-bond donors (Lipinski definition) is 1. The van der Waals surface area contributed by atoms with Gasteiger partial charge in [-0.2, -0.15) is 0 Å². The zero-order chi connectivity index (χ0) is 24.0. The van der Waals surface area contributed by atoms with Gasteiger partial charge in [0.1, 0.15) is 16.4 Å². The lowest BCUT2D eigenvalue weighted by molar-refractivity contribution is -0.131. The van der Waals surface area contributed by atoms with Gasteiger partial charge in [-0.05, 0) is 62.0 Å². The lowest BCUT2D eigenvalue weighted by atomic mass is 10.1. The van der Waals surface area contributed by atoms with Crippen molar-refractivity contribution < 1.29 is 23.8 Å². The minimum Gasteiger partial charge on any atom is -0.496 e. The number of halogens is 1. The summed E-state index contributed by atoms with van der Waals surface area (Å²) in [6.07, 6.45) is 1.52. The largest absolute Gasteiger partial charge is 0.496 e. The van der Waals surface area contributed by atoms with E-state index in [1.165, 1.54) is 13.2 Å². The van der Waals surface area contributed by atoms with E-state index in [0.29, 0.717) is 27.6 Å². The molecule has 174 valence electrons. The molecular formula is C23H24ClN3O5S. The van der Waals surface area contributed by atoms with Gasteiger partial charge in [0.05, 0.1) is 19.8 Å². The van der Waals surface area contributed by atoms with Crippen molar-refractivity contribution in [3.05, 3.63) is 51.9 Å². The average Bonchev–Trinajstić information content (AvgIpc) is 3.28. The second-order valence-corrected chi connectivity index (χ2v) is 8.16. The number of rotatable bonds is 10. The highest BCUT2D eigenvalue weighted by Gasteiger charge is 2.19. The van der Waals surface area contributed by atoms with Crippen LogP contribution in [-0.4, -0.2) is 48.6 Å². The molecule has 0 saturated carbocycles. The number of ether oxygens (including phenoxy) is 2. The van der Waals surface area contributed by atoms with E-state index < -0.39 is 5.97 Å². The van der Waals surface area contributed by atoms with Crippen LogP contribution in [0.25, 0.3) is 17.5 Å². The Hall–Kier alpha value is -3.17. The number of aliphatic carboxylic acids is 1. The fourth-order valence-electron chi connectivity index (χ4n) is 3.18. The zero-order valence-electron chi connectivity index (χ0n) is 18.7. The normalized spacial score (nSPS) is 11.4. The topological polar surface area (TPSA) is 97.9 Å². The van der Waals surface area contributed by atoms with E-state index in [4.69, 9.17) is 25.5 Å². The van der Waals surface area contributed by atoms with Gasteiger partial charge >= 0.3 is 5.97 Å². The molecule has 0 saturated heterocycles. The van der Waals surface area contributed by atoms with Crippen molar-refractivity contribution >= 4 is 41.1 Å². The molecule has 0 amide bonds. The number of methoxy groups -OCH3 is 2. The number of carboxylic acid groups (broad SMARTS) is 1. The van der Waals surface area contributed by atoms with E-state index in [9.17, 15) is 9.90 Å². The van der Waals surface area contributed by atoms with Crippen molar-refractivity contribution in [2.45, 2.75) is 19.1 Å². The van der Waals surface area contributed by atoms with E-state index in [-0.39, 0.29) is 16.0 Å². The van der Waals surface area contributed by atoms with Gasteiger partial charge in [-0.1, -0.05) is 11.6 Å². The zero-order valence-corrected chi connectivity index (χ0v) is 20.2. The minimum absolute atomic E-state index is 0.00264. The quantitative estimate of drug-likeness (QED) is 0.293. The summed E-state index contributed by atoms with van der Waals surface area (Å²) in [4.78, 5) is 14.1. The average molecular weight is 490 g/mol. The van der Waals surface area contributed by atoms with Gasteiger partial charge in [0.2, 0.25) is 0 Å². The van der Waals surface area contributed by atoms with Crippen LogP contribution < -0.4 is 14.4 Å². The van der Waals surface area contributed by atoms with E-state index >= 15 is 0 Å². The number of carbonyl (C=O) groups is 1. The van der Waals surface area contributed by atoms with Crippen molar-refractivity contribution in [3.8, 4) is 23.0 Å². The summed E-state index contributed by atoms with van der Waals surface area (Å²) in [7, 11) is 3.07. The Labute approximate surface area is 201 Å². The molecule has 0 bridgehead atoms. The predicted molar refractivity (Wildman–Crippen MR) is 129 cm³/mol. The highest BCUT2D eigenvalue weighted by atomic mass is 35.5. The van der Waals surface area contributed by atoms with Crippen molar-refractivity contribution in [3.63, 3.8) is 0 Å². The fraction of sp³-hybridized carbons (Fsp3) is 0.261. The highest BCUT2D eigenvalue weighted by Crippen LogP contribution is 2.36. The summed E-state index contributed by atoms with van der Waals surface area (Å²) in [6, 6.07) is 10.6. The van der Waals surface area contributed by atoms with Crippen LogP contribution in [0.15, 0.2) is 50.9 Å². The number of thioether (sulfide) groups is 1. The van der Waals surface area contributed by atoms with Crippen molar-refractivity contribution in [1.29, 1.82) is 0 Å². The number of hydrogen-bond acceptors (Lipinski definition) is 8. The van der Waals surface area contributed by atoms with Crippen LogP contribution in [0, 0.1) is 0 Å². The summed E-state index contributed by atoms with van der Waals surface area (Å²) in [6.45, 7) is 5.84. The van der Waals surface area contributed by atoms with Gasteiger partial charge in [-0.3, -0.25) is 0 Å². The van der Waals surface area contributed by atoms with Gasteiger partial charge in [0.15, 0.2) is 0 Å². The lowest BCUT2D eigenvalue weighted by Crippen LogP contribution is -2.21. The van der Waals surface area contributed by atoms with Crippen LogP contribution in [0.3, 0.4) is 0 Å². The van der Waals surface area contributed by atoms with Crippen LogP contribution in [0.2, 0.25) is 5.02 Å². The second-order valence-electron chi connectivity index (χ2n) is 6.73. The molecule has 33 heavy (non-hydrogen) atoms. The maximum atomic E-state index is 11.9. The van der Waals surface area contributed by atoms with Gasteiger partial charge in [-0.15, -0.1) is 10.2 Å². The third kappa shape index (κ3) is 5.80. The molecule has 0 aliphatic carbocycles. The van der Waals surface area contributed by atoms with Crippen LogP contribution in [0.5, 0.6) is 11.5 Å². The molecule has 3 rings (SSSR count). The SMILES string of the molecule is CCN(CC)c1ccc(/C=C(\Sc2nnc(-c3cc(Cl)ccc3OC)o2)C(=O)O)c(OC)c1. The highest BCUT2D eigenvalue weighted by molar-refractivity contribution is 8.03. The summed E-state index contributed by atoms with van der Waals surface area (Å²) in [5, 5.41) is 18.3. The Kier molecular flexibility index (Phi) is 8.24. The Morgan fingerprint density at radius 2 is 1.85 bits per heavy atom. The first-order chi connectivity index (χ1) is 15.9. The Balaban J connectivity index is 1.91. The van der Waals surface area contributed by atoms with Crippen molar-refractivity contribution in [2.24, 2.45) is 0 Å². The molecule has 0 fully saturated rings. The third-order valence-corrected chi connectivity index (χ3v) is 5.93. The molecule has 0 aliphatic rings. The number of nitrogens with zero attached hydrogens (tertiary/aromatic N) is 3. The molecule has 1 N–H and O–H groups in total. The summed E-state index contributed by atoms with van der Waals surface area (Å²) in [5.41, 5.74) is 2.13. The molecule has 3 aromatic rings. The molecule has 8 nitrogen and oxygen atoms in total. The number of carboxylic acids is 1. The smallest absolute Gasteiger partial charge is 0.342 e. The molecule has 0 spiro atoms. The van der Waals surface area contributed by atoms with Gasteiger partial charge in [0.25, 0.3) is 11.1 Å². The summed E-state index contributed by atoms with van der Waals surface area (Å²) in [5.74, 6) is 0.109. The lowest BCUT2D eigenvalue weighted by Gasteiger charge is -2.22. The van der Waals surface area contributed by atoms with Gasteiger partial charge < -0.3 is 23.9 Å². The number of aromatic nitrogens is 2. The standard InChI is InChI=1S/C23H24ClN3O5S/c1-5-27(6-2)16-9-7-14(19(13-16)31-4)11-20(22(28)29)33-23-26-25-21(32-23)17-12-15(24)8-10-18(17)30-3/h7-13H,5-6H2,1-4H3,(H,28,29)/b20-11-. The fourth-order valence-corrected chi connectivity index (χ4v) is 4.02. The Bertz CT molecular complexity index is 1160. The molecule has 0 aliphatic heterocycles. The molecule has 0 atom stereocenters. The van der Waals surface area contributed by atoms with Crippen LogP contribution in [-0.2, 0) is 4.79 Å². The minimum atomic E-state index is -1.13. The monoisotopic (exact) mass is 489 g/mol. The first-order valence-corrected chi connectivity index (χ1v) is 11.3. The van der Waals surface area contributed by atoms with E-state index in [0.717, 1.165) is 30.5 Å². The van der Waals surface area contributed by atoms with Crippen molar-refractivity contribution in [1.82, 2.24) is 10.2 Å². The number of benzene rings is 2. The first-order valence-electron chi connectivity index (χ1n) is 10.1. The van der Waals surface area contributed by atoms with Crippen LogP contribution in [0.4, 0.5) is 5.69 Å². The van der Waals surface area contributed by atoms with E-state index in [1.54, 1.807) is 25.3 Å². The van der Waals surface area contributed by atoms with E-state index in [1.807, 2.05) is 18.2 Å². The van der Waals surface area contributed by atoms with Crippen LogP contribution in [0.1, 0.15) is 19.4 Å². The summed E-state index contributed by atoms with van der Waals surface area (Å²) >= 11 is 6.92. The molecule has 1 aromatic heterocycles. The molecule has 0 unspecified atom stereocenters. The molecule has 10 heteroatoms. The third-order valence-electron chi connectivity index (χ3n) is 4.84. The second kappa shape index (κ2) is 11.1. The Morgan fingerprint density at radius 1 is 1.12 bits per heavy atom. The predicted octanol–water partition coefficient (Wildman–Crippen LogP) is 5.47. The molecule has 0 radical (unpaired) electrons. The molecular weight excluding hydrogens is 466 g/mol. The molecule has 1 heterocycles. The Morgan fingerprint density at radius 3 is 2.48 bits per heavy atom. The van der Waals surface area contributed by atoms with E-state index in [2.05, 4.69) is 28.9 Å². The summed E-state index contributed by atoms with van der Waals surface area (Å²) < 4.78 is 16.5. The first kappa shape index (κ1) is 24.5.